The number of nitrogens with one attached hydrogen (secondary N) is 2. The minimum atomic E-state index is -3.47. The van der Waals surface area contributed by atoms with Crippen molar-refractivity contribution in [3.05, 3.63) is 28.2 Å². The van der Waals surface area contributed by atoms with Gasteiger partial charge in [0.15, 0.2) is 0 Å². The van der Waals surface area contributed by atoms with Crippen molar-refractivity contribution in [1.82, 2.24) is 10.0 Å². The molecule has 1 rings (SSSR count). The van der Waals surface area contributed by atoms with Gasteiger partial charge in [-0.1, -0.05) is 6.07 Å². The summed E-state index contributed by atoms with van der Waals surface area (Å²) in [5, 5.41) is 3.07. The molecule has 0 radical (unpaired) electrons. The zero-order valence-electron chi connectivity index (χ0n) is 11.5. The van der Waals surface area contributed by atoms with Gasteiger partial charge in [0, 0.05) is 31.2 Å². The molecule has 0 aliphatic rings. The Bertz CT molecular complexity index is 511. The van der Waals surface area contributed by atoms with E-state index in [0.29, 0.717) is 30.7 Å². The van der Waals surface area contributed by atoms with Crippen molar-refractivity contribution < 1.29 is 13.2 Å². The van der Waals surface area contributed by atoms with E-state index >= 15 is 0 Å². The average Bonchev–Trinajstić information content (AvgIpc) is 2.36. The number of aryl methyl sites for hydroxylation is 1. The van der Waals surface area contributed by atoms with E-state index in [1.54, 1.807) is 19.2 Å². The summed E-state index contributed by atoms with van der Waals surface area (Å²) in [4.78, 5) is 0.268. The number of ether oxygens (including phenoxy) is 1. The van der Waals surface area contributed by atoms with Crippen LogP contribution in [0.5, 0.6) is 0 Å². The molecule has 0 fully saturated rings. The third-order valence-electron chi connectivity index (χ3n) is 2.45. The van der Waals surface area contributed by atoms with Crippen molar-refractivity contribution in [2.75, 3.05) is 33.4 Å². The summed E-state index contributed by atoms with van der Waals surface area (Å²) >= 11 is 3.26. The molecule has 0 aliphatic carbocycles. The second-order valence-electron chi connectivity index (χ2n) is 4.07. The van der Waals surface area contributed by atoms with Crippen LogP contribution in [-0.2, 0) is 14.8 Å². The molecular formula is C12H20BrClN2O3S. The third-order valence-corrected chi connectivity index (χ3v) is 4.91. The first kappa shape index (κ1) is 19.8. The molecule has 1 aromatic rings. The van der Waals surface area contributed by atoms with Crippen LogP contribution in [0.3, 0.4) is 0 Å². The largest absolute Gasteiger partial charge is 0.383 e. The van der Waals surface area contributed by atoms with Crippen LogP contribution in [0.4, 0.5) is 0 Å². The topological polar surface area (TPSA) is 67.4 Å². The molecule has 1 aromatic carbocycles. The van der Waals surface area contributed by atoms with Crippen molar-refractivity contribution >= 4 is 38.4 Å². The molecule has 0 saturated heterocycles. The van der Waals surface area contributed by atoms with E-state index < -0.39 is 10.0 Å². The predicted molar refractivity (Wildman–Crippen MR) is 86.1 cm³/mol. The maximum atomic E-state index is 12.1. The number of hydrogen-bond donors (Lipinski definition) is 2. The molecule has 8 heteroatoms. The van der Waals surface area contributed by atoms with E-state index in [4.69, 9.17) is 4.74 Å². The first-order valence-electron chi connectivity index (χ1n) is 5.93. The van der Waals surface area contributed by atoms with Crippen molar-refractivity contribution in [3.63, 3.8) is 0 Å². The molecule has 0 atom stereocenters. The highest BCUT2D eigenvalue weighted by Gasteiger charge is 2.16. The van der Waals surface area contributed by atoms with Gasteiger partial charge in [-0.15, -0.1) is 12.4 Å². The molecule has 0 amide bonds. The number of methoxy groups -OCH3 is 1. The van der Waals surface area contributed by atoms with Gasteiger partial charge in [-0.2, -0.15) is 0 Å². The van der Waals surface area contributed by atoms with Crippen LogP contribution in [0.2, 0.25) is 0 Å². The van der Waals surface area contributed by atoms with Crippen LogP contribution < -0.4 is 10.0 Å². The summed E-state index contributed by atoms with van der Waals surface area (Å²) in [6.45, 7) is 4.07. The summed E-state index contributed by atoms with van der Waals surface area (Å²) in [5.41, 5.74) is 0.904. The lowest BCUT2D eigenvalue weighted by Crippen LogP contribution is -2.33. The maximum Gasteiger partial charge on any atom is 0.241 e. The lowest BCUT2D eigenvalue weighted by molar-refractivity contribution is 0.199. The Labute approximate surface area is 135 Å². The normalized spacial score (nSPS) is 11.2. The zero-order valence-corrected chi connectivity index (χ0v) is 14.7. The Morgan fingerprint density at radius 3 is 2.60 bits per heavy atom. The molecule has 0 aromatic heterocycles. The van der Waals surface area contributed by atoms with Crippen molar-refractivity contribution in [2.24, 2.45) is 0 Å². The lowest BCUT2D eigenvalue weighted by atomic mass is 10.2. The van der Waals surface area contributed by atoms with Gasteiger partial charge in [-0.3, -0.25) is 0 Å². The molecule has 0 spiro atoms. The first-order chi connectivity index (χ1) is 8.97. The van der Waals surface area contributed by atoms with Crippen LogP contribution in [0.25, 0.3) is 0 Å². The number of hydrogen-bond acceptors (Lipinski definition) is 4. The monoisotopic (exact) mass is 386 g/mol. The summed E-state index contributed by atoms with van der Waals surface area (Å²) in [5.74, 6) is 0. The van der Waals surface area contributed by atoms with Crippen LogP contribution in [-0.4, -0.2) is 41.8 Å². The number of sulfonamides is 1. The second-order valence-corrected chi connectivity index (χ2v) is 6.66. The summed E-state index contributed by atoms with van der Waals surface area (Å²) in [7, 11) is -1.85. The van der Waals surface area contributed by atoms with E-state index in [2.05, 4.69) is 26.0 Å². The molecule has 20 heavy (non-hydrogen) atoms. The van der Waals surface area contributed by atoms with Gasteiger partial charge in [0.2, 0.25) is 10.0 Å². The zero-order chi connectivity index (χ0) is 14.3. The van der Waals surface area contributed by atoms with E-state index in [1.165, 1.54) is 0 Å². The van der Waals surface area contributed by atoms with Crippen LogP contribution >= 0.6 is 28.3 Å². The highest BCUT2D eigenvalue weighted by atomic mass is 79.9. The molecule has 0 saturated carbocycles. The molecule has 0 bridgehead atoms. The Kier molecular flexibility index (Phi) is 9.61. The van der Waals surface area contributed by atoms with Gasteiger partial charge >= 0.3 is 0 Å². The summed E-state index contributed by atoms with van der Waals surface area (Å²) < 4.78 is 32.2. The van der Waals surface area contributed by atoms with Crippen LogP contribution in [0, 0.1) is 6.92 Å². The Morgan fingerprint density at radius 1 is 1.25 bits per heavy atom. The Morgan fingerprint density at radius 2 is 1.95 bits per heavy atom. The van der Waals surface area contributed by atoms with Gasteiger partial charge in [-0.05, 0) is 40.5 Å². The van der Waals surface area contributed by atoms with Gasteiger partial charge in [0.25, 0.3) is 0 Å². The van der Waals surface area contributed by atoms with E-state index in [1.807, 2.05) is 13.0 Å². The Balaban J connectivity index is 0.00000361. The number of benzene rings is 1. The average molecular weight is 388 g/mol. The minimum absolute atomic E-state index is 0. The van der Waals surface area contributed by atoms with E-state index in [9.17, 15) is 8.42 Å². The standard InChI is InChI=1S/C12H19BrN2O3S.ClH/c1-10-3-4-11(13)12(9-10)19(16,17)15-6-5-14-7-8-18-2;/h3-4,9,14-15H,5-8H2,1-2H3;1H. The van der Waals surface area contributed by atoms with Crippen molar-refractivity contribution in [1.29, 1.82) is 0 Å². The fraction of sp³-hybridized carbons (Fsp3) is 0.500. The van der Waals surface area contributed by atoms with Gasteiger partial charge in [0.05, 0.1) is 11.5 Å². The van der Waals surface area contributed by atoms with Crippen LogP contribution in [0.1, 0.15) is 5.56 Å². The van der Waals surface area contributed by atoms with Gasteiger partial charge < -0.3 is 10.1 Å². The second kappa shape index (κ2) is 9.70. The quantitative estimate of drug-likeness (QED) is 0.666. The maximum absolute atomic E-state index is 12.1. The van der Waals surface area contributed by atoms with Crippen molar-refractivity contribution in [2.45, 2.75) is 11.8 Å². The highest BCUT2D eigenvalue weighted by molar-refractivity contribution is 9.10. The molecule has 2 N–H and O–H groups in total. The SMILES string of the molecule is COCCNCCNS(=O)(=O)c1cc(C)ccc1Br.Cl. The van der Waals surface area contributed by atoms with Crippen molar-refractivity contribution in [3.8, 4) is 0 Å². The molecular weight excluding hydrogens is 368 g/mol. The van der Waals surface area contributed by atoms with E-state index in [0.717, 1.165) is 5.56 Å². The first-order valence-corrected chi connectivity index (χ1v) is 8.20. The number of rotatable bonds is 8. The van der Waals surface area contributed by atoms with Gasteiger partial charge in [0.1, 0.15) is 0 Å². The highest BCUT2D eigenvalue weighted by Crippen LogP contribution is 2.22. The third kappa shape index (κ3) is 6.51. The number of halogens is 2. The fourth-order valence-corrected chi connectivity index (χ4v) is 3.55. The van der Waals surface area contributed by atoms with Gasteiger partial charge in [-0.25, -0.2) is 13.1 Å². The minimum Gasteiger partial charge on any atom is -0.383 e. The lowest BCUT2D eigenvalue weighted by Gasteiger charge is -2.10. The molecule has 0 heterocycles. The van der Waals surface area contributed by atoms with Crippen LogP contribution in [0.15, 0.2) is 27.6 Å². The molecule has 0 unspecified atom stereocenters. The van der Waals surface area contributed by atoms with E-state index in [-0.39, 0.29) is 17.3 Å². The fourth-order valence-electron chi connectivity index (χ4n) is 1.47. The molecule has 116 valence electrons. The summed E-state index contributed by atoms with van der Waals surface area (Å²) in [6.07, 6.45) is 0. The molecule has 0 aliphatic heterocycles. The Hall–Kier alpha value is -0.180. The smallest absolute Gasteiger partial charge is 0.241 e. The summed E-state index contributed by atoms with van der Waals surface area (Å²) in [6, 6.07) is 5.24. The predicted octanol–water partition coefficient (Wildman–Crippen LogP) is 1.69. The molecule has 5 nitrogen and oxygen atoms in total.